The first-order chi connectivity index (χ1) is 10.5. The van der Waals surface area contributed by atoms with E-state index in [4.69, 9.17) is 16.0 Å². The van der Waals surface area contributed by atoms with Crippen molar-refractivity contribution in [1.82, 2.24) is 0 Å². The standard InChI is InChI=1S/C17H16ClNO3/c1-3-19(4-2)10-5-6-12-13-8-11(20)9-14(18)16(13)17(21)22-15(12)7-10/h5-7,9H,3-4,8H2,1-2H3. The van der Waals surface area contributed by atoms with Gasteiger partial charge in [0.15, 0.2) is 5.78 Å². The molecule has 0 atom stereocenters. The first kappa shape index (κ1) is 14.9. The minimum Gasteiger partial charge on any atom is -0.422 e. The molecule has 1 aliphatic rings. The van der Waals surface area contributed by atoms with Crippen molar-refractivity contribution < 1.29 is 9.21 Å². The molecule has 22 heavy (non-hydrogen) atoms. The number of hydrogen-bond donors (Lipinski definition) is 0. The third-order valence-electron chi connectivity index (χ3n) is 4.01. The van der Waals surface area contributed by atoms with Crippen molar-refractivity contribution in [2.45, 2.75) is 20.3 Å². The second-order valence-corrected chi connectivity index (χ2v) is 5.64. The summed E-state index contributed by atoms with van der Waals surface area (Å²) in [5.41, 5.74) is 1.96. The molecule has 0 bridgehead atoms. The highest BCUT2D eigenvalue weighted by Gasteiger charge is 2.23. The molecule has 114 valence electrons. The van der Waals surface area contributed by atoms with E-state index >= 15 is 0 Å². The van der Waals surface area contributed by atoms with Crippen molar-refractivity contribution in [3.05, 3.63) is 45.8 Å². The van der Waals surface area contributed by atoms with Crippen molar-refractivity contribution in [3.63, 3.8) is 0 Å². The second-order valence-electron chi connectivity index (χ2n) is 5.23. The van der Waals surface area contributed by atoms with Crippen LogP contribution in [0.3, 0.4) is 0 Å². The molecule has 1 aromatic carbocycles. The lowest BCUT2D eigenvalue weighted by molar-refractivity contribution is -0.114. The average molecular weight is 318 g/mol. The topological polar surface area (TPSA) is 50.5 Å². The molecule has 1 aromatic heterocycles. The van der Waals surface area contributed by atoms with Crippen LogP contribution in [0.1, 0.15) is 25.0 Å². The number of halogens is 1. The summed E-state index contributed by atoms with van der Waals surface area (Å²) >= 11 is 6.05. The van der Waals surface area contributed by atoms with Crippen LogP contribution in [0.2, 0.25) is 0 Å². The fraction of sp³-hybridized carbons (Fsp3) is 0.294. The van der Waals surface area contributed by atoms with Crippen molar-refractivity contribution in [2.24, 2.45) is 0 Å². The zero-order valence-electron chi connectivity index (χ0n) is 12.5. The maximum atomic E-state index is 12.2. The number of anilines is 1. The average Bonchev–Trinajstić information content (AvgIpc) is 2.47. The Hall–Kier alpha value is -2.07. The van der Waals surface area contributed by atoms with E-state index in [-0.39, 0.29) is 17.2 Å². The molecule has 4 nitrogen and oxygen atoms in total. The summed E-state index contributed by atoms with van der Waals surface area (Å²) < 4.78 is 5.43. The van der Waals surface area contributed by atoms with Gasteiger partial charge in [-0.05, 0) is 31.5 Å². The van der Waals surface area contributed by atoms with Crippen LogP contribution in [0.15, 0.2) is 33.5 Å². The molecule has 3 rings (SSSR count). The number of benzene rings is 1. The summed E-state index contributed by atoms with van der Waals surface area (Å²) in [6.45, 7) is 5.87. The van der Waals surface area contributed by atoms with E-state index in [2.05, 4.69) is 18.7 Å². The first-order valence-corrected chi connectivity index (χ1v) is 7.68. The van der Waals surface area contributed by atoms with Gasteiger partial charge in [0.25, 0.3) is 0 Å². The minimum absolute atomic E-state index is 0.0998. The number of fused-ring (bicyclic) bond motifs is 3. The fourth-order valence-electron chi connectivity index (χ4n) is 2.90. The second kappa shape index (κ2) is 5.61. The van der Waals surface area contributed by atoms with E-state index in [1.165, 1.54) is 6.08 Å². The summed E-state index contributed by atoms with van der Waals surface area (Å²) in [5, 5.41) is 0.930. The lowest BCUT2D eigenvalue weighted by Crippen LogP contribution is -2.22. The van der Waals surface area contributed by atoms with Crippen molar-refractivity contribution in [1.29, 1.82) is 0 Å². The van der Waals surface area contributed by atoms with Crippen LogP contribution < -0.4 is 10.5 Å². The predicted octanol–water partition coefficient (Wildman–Crippen LogP) is 3.34. The van der Waals surface area contributed by atoms with Crippen LogP contribution in [0.4, 0.5) is 5.69 Å². The smallest absolute Gasteiger partial charge is 0.345 e. The molecule has 1 aliphatic carbocycles. The Morgan fingerprint density at radius 2 is 1.95 bits per heavy atom. The van der Waals surface area contributed by atoms with Crippen LogP contribution in [-0.2, 0) is 11.2 Å². The maximum absolute atomic E-state index is 12.2. The summed E-state index contributed by atoms with van der Waals surface area (Å²) in [4.78, 5) is 26.1. The van der Waals surface area contributed by atoms with Crippen LogP contribution in [0, 0.1) is 0 Å². The van der Waals surface area contributed by atoms with E-state index in [0.717, 1.165) is 24.2 Å². The Morgan fingerprint density at radius 3 is 2.64 bits per heavy atom. The highest BCUT2D eigenvalue weighted by atomic mass is 35.5. The lowest BCUT2D eigenvalue weighted by atomic mass is 9.94. The van der Waals surface area contributed by atoms with Gasteiger partial charge in [-0.2, -0.15) is 0 Å². The Kier molecular flexibility index (Phi) is 3.79. The van der Waals surface area contributed by atoms with Gasteiger partial charge in [-0.1, -0.05) is 11.6 Å². The first-order valence-electron chi connectivity index (χ1n) is 7.30. The predicted molar refractivity (Wildman–Crippen MR) is 88.6 cm³/mol. The van der Waals surface area contributed by atoms with Crippen molar-refractivity contribution >= 4 is 39.1 Å². The number of rotatable bonds is 3. The number of allylic oxidation sites excluding steroid dienone is 1. The quantitative estimate of drug-likeness (QED) is 0.815. The van der Waals surface area contributed by atoms with Gasteiger partial charge in [-0.3, -0.25) is 4.79 Å². The zero-order valence-corrected chi connectivity index (χ0v) is 13.2. The van der Waals surface area contributed by atoms with Crippen LogP contribution in [0.25, 0.3) is 16.0 Å². The van der Waals surface area contributed by atoms with Gasteiger partial charge in [0, 0.05) is 42.7 Å². The molecule has 0 radical (unpaired) electrons. The SMILES string of the molecule is CCN(CC)c1ccc2c3c(c(=O)oc2c1)C(Cl)=CC(=O)C3. The number of nitrogens with zero attached hydrogens (tertiary/aromatic N) is 1. The molecule has 0 saturated heterocycles. The molecule has 1 heterocycles. The van der Waals surface area contributed by atoms with E-state index in [1.54, 1.807) is 0 Å². The molecular formula is C17H16ClNO3. The Balaban J connectivity index is 2.26. The van der Waals surface area contributed by atoms with E-state index < -0.39 is 5.63 Å². The molecule has 2 aromatic rings. The highest BCUT2D eigenvalue weighted by molar-refractivity contribution is 6.51. The van der Waals surface area contributed by atoms with Gasteiger partial charge in [-0.25, -0.2) is 4.79 Å². The Morgan fingerprint density at radius 1 is 1.23 bits per heavy atom. The number of hydrogen-bond acceptors (Lipinski definition) is 4. The molecule has 0 aliphatic heterocycles. The highest BCUT2D eigenvalue weighted by Crippen LogP contribution is 2.32. The molecule has 0 unspecified atom stereocenters. The molecule has 0 saturated carbocycles. The fourth-order valence-corrected chi connectivity index (χ4v) is 3.22. The van der Waals surface area contributed by atoms with E-state index in [9.17, 15) is 9.59 Å². The van der Waals surface area contributed by atoms with Gasteiger partial charge >= 0.3 is 5.63 Å². The van der Waals surface area contributed by atoms with Crippen molar-refractivity contribution in [2.75, 3.05) is 18.0 Å². The summed E-state index contributed by atoms with van der Waals surface area (Å²) in [6.07, 6.45) is 1.47. The maximum Gasteiger partial charge on any atom is 0.345 e. The molecule has 0 amide bonds. The van der Waals surface area contributed by atoms with Gasteiger partial charge in [0.2, 0.25) is 0 Å². The van der Waals surface area contributed by atoms with Crippen LogP contribution in [0.5, 0.6) is 0 Å². The summed E-state index contributed by atoms with van der Waals surface area (Å²) in [7, 11) is 0. The van der Waals surface area contributed by atoms with Gasteiger partial charge in [0.1, 0.15) is 5.58 Å². The van der Waals surface area contributed by atoms with Gasteiger partial charge in [0.05, 0.1) is 10.6 Å². The number of carbonyl (C=O) groups is 1. The van der Waals surface area contributed by atoms with Crippen LogP contribution in [-0.4, -0.2) is 18.9 Å². The van der Waals surface area contributed by atoms with Crippen LogP contribution >= 0.6 is 11.6 Å². The monoisotopic (exact) mass is 317 g/mol. The largest absolute Gasteiger partial charge is 0.422 e. The Bertz CT molecular complexity index is 847. The van der Waals surface area contributed by atoms with Gasteiger partial charge in [-0.15, -0.1) is 0 Å². The van der Waals surface area contributed by atoms with Gasteiger partial charge < -0.3 is 9.32 Å². The molecular weight excluding hydrogens is 302 g/mol. The molecule has 0 N–H and O–H groups in total. The summed E-state index contributed by atoms with van der Waals surface area (Å²) in [5.74, 6) is -0.0998. The third kappa shape index (κ3) is 2.33. The minimum atomic E-state index is -0.493. The number of ketones is 1. The normalized spacial score (nSPS) is 14.0. The third-order valence-corrected chi connectivity index (χ3v) is 4.30. The Labute approximate surface area is 133 Å². The molecule has 0 fully saturated rings. The molecule has 5 heteroatoms. The van der Waals surface area contributed by atoms with E-state index in [0.29, 0.717) is 16.7 Å². The molecule has 0 spiro atoms. The lowest BCUT2D eigenvalue weighted by Gasteiger charge is -2.21. The number of carbonyl (C=O) groups excluding carboxylic acids is 1. The van der Waals surface area contributed by atoms with Crippen molar-refractivity contribution in [3.8, 4) is 0 Å². The summed E-state index contributed by atoms with van der Waals surface area (Å²) in [6, 6.07) is 5.72. The van der Waals surface area contributed by atoms with E-state index in [1.807, 2.05) is 18.2 Å². The zero-order chi connectivity index (χ0) is 15.9.